The van der Waals surface area contributed by atoms with E-state index >= 15 is 0 Å². The molecule has 0 aromatic carbocycles. The highest BCUT2D eigenvalue weighted by molar-refractivity contribution is 6.00. The molecule has 0 aromatic rings. The Morgan fingerprint density at radius 1 is 1.16 bits per heavy atom. The fraction of sp³-hybridized carbons (Fsp3) is 0.500. The van der Waals surface area contributed by atoms with Gasteiger partial charge < -0.3 is 14.3 Å². The van der Waals surface area contributed by atoms with Crippen LogP contribution in [-0.2, 0) is 23.9 Å². The second-order valence-electron chi connectivity index (χ2n) is 3.68. The zero-order chi connectivity index (χ0) is 14.7. The van der Waals surface area contributed by atoms with Gasteiger partial charge in [0.1, 0.15) is 6.29 Å². The van der Waals surface area contributed by atoms with Gasteiger partial charge >= 0.3 is 11.9 Å². The molecule has 0 amide bonds. The molecule has 0 fully saturated rings. The molecule has 19 heavy (non-hydrogen) atoms. The lowest BCUT2D eigenvalue weighted by atomic mass is 9.81. The van der Waals surface area contributed by atoms with Gasteiger partial charge in [0.25, 0.3) is 0 Å². The maximum Gasteiger partial charge on any atom is 0.325 e. The fourth-order valence-corrected chi connectivity index (χ4v) is 1.43. The topological polar surface area (TPSA) is 69.7 Å². The smallest absolute Gasteiger partial charge is 0.325 e. The SMILES string of the molecule is C#CCC(CC#CCCC=O)(C(=O)OC)C(=O)OC. The molecular weight excluding hydrogens is 248 g/mol. The van der Waals surface area contributed by atoms with E-state index in [1.807, 2.05) is 0 Å². The second-order valence-corrected chi connectivity index (χ2v) is 3.68. The van der Waals surface area contributed by atoms with Crippen LogP contribution in [0.4, 0.5) is 0 Å². The maximum absolute atomic E-state index is 11.8. The van der Waals surface area contributed by atoms with Crippen LogP contribution < -0.4 is 0 Å². The van der Waals surface area contributed by atoms with Gasteiger partial charge in [0.05, 0.1) is 14.2 Å². The summed E-state index contributed by atoms with van der Waals surface area (Å²) < 4.78 is 9.22. The second kappa shape index (κ2) is 8.77. The first-order valence-electron chi connectivity index (χ1n) is 5.58. The van der Waals surface area contributed by atoms with Crippen LogP contribution in [0.15, 0.2) is 0 Å². The molecule has 0 atom stereocenters. The van der Waals surface area contributed by atoms with Crippen LogP contribution in [0.2, 0.25) is 0 Å². The molecule has 0 rings (SSSR count). The van der Waals surface area contributed by atoms with Crippen molar-refractivity contribution in [2.75, 3.05) is 14.2 Å². The molecular formula is C14H16O5. The van der Waals surface area contributed by atoms with Crippen LogP contribution in [0.25, 0.3) is 0 Å². The van der Waals surface area contributed by atoms with E-state index in [1.165, 1.54) is 0 Å². The predicted octanol–water partition coefficient (Wildman–Crippen LogP) is 0.715. The third kappa shape index (κ3) is 4.48. The Bertz CT molecular complexity index is 417. The van der Waals surface area contributed by atoms with Crippen molar-refractivity contribution >= 4 is 18.2 Å². The number of ether oxygens (including phenoxy) is 2. The molecule has 5 heteroatoms. The molecule has 0 aliphatic rings. The van der Waals surface area contributed by atoms with Gasteiger partial charge in [0.2, 0.25) is 0 Å². The summed E-state index contributed by atoms with van der Waals surface area (Å²) in [5.74, 6) is 6.08. The number of hydrogen-bond acceptors (Lipinski definition) is 5. The normalized spacial score (nSPS) is 9.53. The van der Waals surface area contributed by atoms with Crippen molar-refractivity contribution in [2.45, 2.75) is 25.7 Å². The Labute approximate surface area is 112 Å². The molecule has 0 saturated carbocycles. The van der Waals surface area contributed by atoms with Gasteiger partial charge in [-0.3, -0.25) is 9.59 Å². The van der Waals surface area contributed by atoms with Gasteiger partial charge in [0.15, 0.2) is 5.41 Å². The summed E-state index contributed by atoms with van der Waals surface area (Å²) in [5, 5.41) is 0. The van der Waals surface area contributed by atoms with Crippen LogP contribution >= 0.6 is 0 Å². The molecule has 102 valence electrons. The first-order chi connectivity index (χ1) is 9.08. The Kier molecular flexibility index (Phi) is 7.72. The minimum atomic E-state index is -1.60. The van der Waals surface area contributed by atoms with E-state index in [0.717, 1.165) is 20.5 Å². The average molecular weight is 264 g/mol. The summed E-state index contributed by atoms with van der Waals surface area (Å²) in [5.41, 5.74) is -1.60. The van der Waals surface area contributed by atoms with Crippen molar-refractivity contribution in [3.8, 4) is 24.2 Å². The van der Waals surface area contributed by atoms with E-state index in [1.54, 1.807) is 0 Å². The highest BCUT2D eigenvalue weighted by atomic mass is 16.5. The number of rotatable bonds is 6. The summed E-state index contributed by atoms with van der Waals surface area (Å²) in [6, 6.07) is 0. The lowest BCUT2D eigenvalue weighted by molar-refractivity contribution is -0.168. The van der Waals surface area contributed by atoms with Gasteiger partial charge in [-0.15, -0.1) is 24.2 Å². The number of unbranched alkanes of at least 4 members (excludes halogenated alkanes) is 1. The highest BCUT2D eigenvalue weighted by Crippen LogP contribution is 2.29. The quantitative estimate of drug-likeness (QED) is 0.232. The molecule has 0 saturated heterocycles. The van der Waals surface area contributed by atoms with Crippen molar-refractivity contribution in [1.82, 2.24) is 0 Å². The third-order valence-corrected chi connectivity index (χ3v) is 2.46. The number of methoxy groups -OCH3 is 2. The van der Waals surface area contributed by atoms with Crippen molar-refractivity contribution < 1.29 is 23.9 Å². The number of esters is 2. The molecule has 0 heterocycles. The van der Waals surface area contributed by atoms with E-state index < -0.39 is 17.4 Å². The summed E-state index contributed by atoms with van der Waals surface area (Å²) in [6.45, 7) is 0. The summed E-state index contributed by atoms with van der Waals surface area (Å²) in [6.07, 6.45) is 6.33. The summed E-state index contributed by atoms with van der Waals surface area (Å²) in [4.78, 5) is 33.7. The molecule has 0 bridgehead atoms. The molecule has 0 unspecified atom stereocenters. The highest BCUT2D eigenvalue weighted by Gasteiger charge is 2.47. The Morgan fingerprint density at radius 2 is 1.74 bits per heavy atom. The Hall–Kier alpha value is -2.27. The molecule has 5 nitrogen and oxygen atoms in total. The van der Waals surface area contributed by atoms with Gasteiger partial charge in [-0.2, -0.15) is 0 Å². The van der Waals surface area contributed by atoms with Gasteiger partial charge in [0, 0.05) is 25.7 Å². The first-order valence-corrected chi connectivity index (χ1v) is 5.58. The van der Waals surface area contributed by atoms with Crippen molar-refractivity contribution in [2.24, 2.45) is 5.41 Å². The van der Waals surface area contributed by atoms with E-state index in [-0.39, 0.29) is 12.8 Å². The number of aldehydes is 1. The van der Waals surface area contributed by atoms with Crippen LogP contribution in [-0.4, -0.2) is 32.4 Å². The van der Waals surface area contributed by atoms with Gasteiger partial charge in [-0.25, -0.2) is 0 Å². The van der Waals surface area contributed by atoms with E-state index in [9.17, 15) is 14.4 Å². The minimum Gasteiger partial charge on any atom is -0.468 e. The zero-order valence-electron chi connectivity index (χ0n) is 11.0. The number of terminal acetylenes is 1. The number of carbonyl (C=O) groups excluding carboxylic acids is 3. The Morgan fingerprint density at radius 3 is 2.16 bits per heavy atom. The molecule has 0 radical (unpaired) electrons. The predicted molar refractivity (Wildman–Crippen MR) is 67.6 cm³/mol. The largest absolute Gasteiger partial charge is 0.468 e. The number of carbonyl (C=O) groups is 3. The van der Waals surface area contributed by atoms with Crippen molar-refractivity contribution in [3.05, 3.63) is 0 Å². The number of hydrogen-bond donors (Lipinski definition) is 0. The lowest BCUT2D eigenvalue weighted by Crippen LogP contribution is -2.40. The van der Waals surface area contributed by atoms with E-state index in [2.05, 4.69) is 27.2 Å². The maximum atomic E-state index is 11.8. The summed E-state index contributed by atoms with van der Waals surface area (Å²) in [7, 11) is 2.33. The molecule has 0 spiro atoms. The first kappa shape index (κ1) is 16.7. The van der Waals surface area contributed by atoms with E-state index in [4.69, 9.17) is 6.42 Å². The van der Waals surface area contributed by atoms with Crippen LogP contribution in [0, 0.1) is 29.6 Å². The monoisotopic (exact) mass is 264 g/mol. The standard InChI is InChI=1S/C14H16O5/c1-4-9-14(12(16)18-2,13(17)19-3)10-7-5-6-8-11-15/h1,11H,6,8-10H2,2-3H3. The minimum absolute atomic E-state index is 0.102. The van der Waals surface area contributed by atoms with Gasteiger partial charge in [-0.1, -0.05) is 0 Å². The average Bonchev–Trinajstić information content (AvgIpc) is 2.44. The van der Waals surface area contributed by atoms with Crippen molar-refractivity contribution in [1.29, 1.82) is 0 Å². The fourth-order valence-electron chi connectivity index (χ4n) is 1.43. The molecule has 0 aromatic heterocycles. The Balaban J connectivity index is 5.16. The van der Waals surface area contributed by atoms with Crippen molar-refractivity contribution in [3.63, 3.8) is 0 Å². The molecule has 0 N–H and O–H groups in total. The lowest BCUT2D eigenvalue weighted by Gasteiger charge is -2.23. The van der Waals surface area contributed by atoms with E-state index in [0.29, 0.717) is 12.8 Å². The molecule has 0 aliphatic heterocycles. The zero-order valence-corrected chi connectivity index (χ0v) is 11.0. The third-order valence-electron chi connectivity index (χ3n) is 2.46. The summed E-state index contributed by atoms with van der Waals surface area (Å²) >= 11 is 0. The van der Waals surface area contributed by atoms with Gasteiger partial charge in [-0.05, 0) is 0 Å². The van der Waals surface area contributed by atoms with Crippen LogP contribution in [0.1, 0.15) is 25.7 Å². The van der Waals surface area contributed by atoms with Crippen LogP contribution in [0.5, 0.6) is 0 Å². The van der Waals surface area contributed by atoms with Crippen LogP contribution in [0.3, 0.4) is 0 Å². The molecule has 0 aliphatic carbocycles.